The molecule has 0 aliphatic carbocycles. The molecule has 17 heavy (non-hydrogen) atoms. The van der Waals surface area contributed by atoms with Crippen LogP contribution in [0.1, 0.15) is 12.0 Å². The predicted octanol–water partition coefficient (Wildman–Crippen LogP) is 1.70. The molecule has 0 atom stereocenters. The van der Waals surface area contributed by atoms with Crippen LogP contribution in [0.2, 0.25) is 0 Å². The van der Waals surface area contributed by atoms with E-state index in [2.05, 4.69) is 20.0 Å². The number of aldehydes is 1. The Hall–Kier alpha value is -1.36. The van der Waals surface area contributed by atoms with Gasteiger partial charge in [-0.1, -0.05) is 30.3 Å². The molecule has 0 unspecified atom stereocenters. The van der Waals surface area contributed by atoms with Crippen LogP contribution in [0.4, 0.5) is 0 Å². The van der Waals surface area contributed by atoms with E-state index in [0.29, 0.717) is 6.42 Å². The van der Waals surface area contributed by atoms with Crippen LogP contribution in [-0.4, -0.2) is 6.29 Å². The van der Waals surface area contributed by atoms with Crippen LogP contribution in [0.3, 0.4) is 0 Å². The van der Waals surface area contributed by atoms with Gasteiger partial charge in [0.2, 0.25) is 0 Å². The maximum Gasteiger partial charge on any atom is 0 e. The molecule has 0 aliphatic heterocycles. The van der Waals surface area contributed by atoms with Gasteiger partial charge in [-0.15, -0.1) is 0 Å². The summed E-state index contributed by atoms with van der Waals surface area (Å²) in [5.74, 6) is 0. The molecule has 0 radical (unpaired) electrons. The van der Waals surface area contributed by atoms with Gasteiger partial charge in [0.1, 0.15) is 6.29 Å². The Morgan fingerprint density at radius 2 is 1.35 bits per heavy atom. The number of aryl methyl sites for hydroxylation is 1. The SMILES string of the molecule is O=CCCc1ccccc1.[C-]#[O+].[C-]#[O+].[C-]#[O+].[Cr]. The first-order valence-electron chi connectivity index (χ1n) is 4.02. The van der Waals surface area contributed by atoms with Crippen LogP contribution >= 0.6 is 0 Å². The van der Waals surface area contributed by atoms with E-state index in [1.807, 2.05) is 30.3 Å². The van der Waals surface area contributed by atoms with Crippen molar-refractivity contribution < 1.29 is 36.1 Å². The largest absolute Gasteiger partial charge is 0 e. The monoisotopic (exact) mass is 270 g/mol. The summed E-state index contributed by atoms with van der Waals surface area (Å²) >= 11 is 0. The molecule has 0 heterocycles. The standard InChI is InChI=1S/C9H10O.3CO.Cr/c10-8-4-7-9-5-2-1-3-6-9;3*1-2;/h1-3,5-6,8H,4,7H2;;;;. The fraction of sp³-hybridized carbons (Fsp3) is 0.167. The molecule has 1 rings (SSSR count). The third-order valence-electron chi connectivity index (χ3n) is 1.39. The summed E-state index contributed by atoms with van der Waals surface area (Å²) in [4.78, 5) is 9.98. The predicted molar refractivity (Wildman–Crippen MR) is 52.6 cm³/mol. The van der Waals surface area contributed by atoms with Gasteiger partial charge >= 0.3 is 33.9 Å². The van der Waals surface area contributed by atoms with Crippen molar-refractivity contribution in [1.29, 1.82) is 0 Å². The Balaban J connectivity index is -0.000000106. The molecule has 0 saturated carbocycles. The Labute approximate surface area is 111 Å². The number of benzene rings is 1. The molecule has 0 saturated heterocycles. The van der Waals surface area contributed by atoms with Crippen LogP contribution in [0.5, 0.6) is 0 Å². The number of hydrogen-bond donors (Lipinski definition) is 0. The van der Waals surface area contributed by atoms with E-state index < -0.39 is 0 Å². The van der Waals surface area contributed by atoms with Crippen LogP contribution in [-0.2, 0) is 42.5 Å². The molecule has 1 aromatic carbocycles. The summed E-state index contributed by atoms with van der Waals surface area (Å²) in [6.45, 7) is 13.5. The summed E-state index contributed by atoms with van der Waals surface area (Å²) in [6.07, 6.45) is 2.45. The maximum absolute atomic E-state index is 9.98. The minimum absolute atomic E-state index is 0. The van der Waals surface area contributed by atoms with Crippen molar-refractivity contribution in [3.05, 3.63) is 55.8 Å². The summed E-state index contributed by atoms with van der Waals surface area (Å²) in [6, 6.07) is 10.0. The maximum atomic E-state index is 9.98. The van der Waals surface area contributed by atoms with E-state index in [9.17, 15) is 4.79 Å². The zero-order valence-corrected chi connectivity index (χ0v) is 10.2. The van der Waals surface area contributed by atoms with Crippen LogP contribution in [0, 0.1) is 20.0 Å². The number of hydrogen-bond acceptors (Lipinski definition) is 1. The summed E-state index contributed by atoms with van der Waals surface area (Å²) in [5.41, 5.74) is 1.23. The first-order valence-corrected chi connectivity index (χ1v) is 4.02. The number of carbonyl (C=O) groups is 1. The quantitative estimate of drug-likeness (QED) is 0.468. The van der Waals surface area contributed by atoms with Crippen molar-refractivity contribution in [3.63, 3.8) is 0 Å². The van der Waals surface area contributed by atoms with Crippen LogP contribution in [0.15, 0.2) is 30.3 Å². The van der Waals surface area contributed by atoms with Crippen LogP contribution in [0.25, 0.3) is 0 Å². The second-order valence-corrected chi connectivity index (χ2v) is 2.19. The van der Waals surface area contributed by atoms with E-state index in [4.69, 9.17) is 14.0 Å². The van der Waals surface area contributed by atoms with Crippen molar-refractivity contribution in [1.82, 2.24) is 0 Å². The van der Waals surface area contributed by atoms with E-state index in [1.165, 1.54) is 5.56 Å². The molecule has 0 N–H and O–H groups in total. The molecule has 0 fully saturated rings. The molecule has 5 heteroatoms. The molecular weight excluding hydrogens is 260 g/mol. The zero-order valence-electron chi connectivity index (χ0n) is 8.92. The molecule has 0 bridgehead atoms. The normalized spacial score (nSPS) is 5.76. The van der Waals surface area contributed by atoms with Gasteiger partial charge in [0.15, 0.2) is 0 Å². The van der Waals surface area contributed by atoms with Gasteiger partial charge in [0.05, 0.1) is 0 Å². The average Bonchev–Trinajstić information content (AvgIpc) is 2.44. The molecule has 0 amide bonds. The van der Waals surface area contributed by atoms with Crippen molar-refractivity contribution in [2.75, 3.05) is 0 Å². The van der Waals surface area contributed by atoms with Gasteiger partial charge in [0, 0.05) is 23.8 Å². The third kappa shape index (κ3) is 20.7. The topological polar surface area (TPSA) is 76.8 Å². The molecule has 0 spiro atoms. The smallest absolute Gasteiger partial charge is 0 e. The molecule has 0 aliphatic rings. The van der Waals surface area contributed by atoms with Crippen molar-refractivity contribution >= 4 is 6.29 Å². The van der Waals surface area contributed by atoms with Crippen molar-refractivity contribution in [2.45, 2.75) is 12.8 Å². The molecule has 0 aromatic heterocycles. The van der Waals surface area contributed by atoms with Gasteiger partial charge in [-0.2, -0.15) is 0 Å². The Morgan fingerprint density at radius 3 is 1.71 bits per heavy atom. The zero-order chi connectivity index (χ0) is 13.2. The van der Waals surface area contributed by atoms with Gasteiger partial charge in [-0.3, -0.25) is 0 Å². The minimum Gasteiger partial charge on any atom is 0 e. The van der Waals surface area contributed by atoms with Gasteiger partial charge in [-0.25, -0.2) is 0 Å². The Morgan fingerprint density at radius 1 is 0.941 bits per heavy atom. The first kappa shape index (κ1) is 24.7. The van der Waals surface area contributed by atoms with Gasteiger partial charge < -0.3 is 4.79 Å². The second kappa shape index (κ2) is 29.3. The van der Waals surface area contributed by atoms with E-state index in [0.717, 1.165) is 12.7 Å². The van der Waals surface area contributed by atoms with Gasteiger partial charge in [-0.05, 0) is 12.0 Å². The molecule has 1 aromatic rings. The fourth-order valence-corrected chi connectivity index (χ4v) is 0.870. The van der Waals surface area contributed by atoms with Crippen molar-refractivity contribution in [2.24, 2.45) is 0 Å². The summed E-state index contributed by atoms with van der Waals surface area (Å²) in [7, 11) is 0. The van der Waals surface area contributed by atoms with E-state index in [-0.39, 0.29) is 17.4 Å². The Kier molecular flexibility index (Phi) is 42.7. The molecular formula is C12H10CrO4. The third-order valence-corrected chi connectivity index (χ3v) is 1.39. The molecule has 88 valence electrons. The fourth-order valence-electron chi connectivity index (χ4n) is 0.870. The molecule has 4 nitrogen and oxygen atoms in total. The Bertz CT molecular complexity index is 289. The summed E-state index contributed by atoms with van der Waals surface area (Å²) < 4.78 is 22.5. The minimum atomic E-state index is 0. The first-order chi connectivity index (χ1) is 7.93. The summed E-state index contributed by atoms with van der Waals surface area (Å²) in [5, 5.41) is 0. The number of rotatable bonds is 3. The van der Waals surface area contributed by atoms with E-state index >= 15 is 0 Å². The van der Waals surface area contributed by atoms with Crippen molar-refractivity contribution in [3.8, 4) is 0 Å². The van der Waals surface area contributed by atoms with Crippen LogP contribution < -0.4 is 0 Å². The number of carbonyl (C=O) groups excluding carboxylic acids is 1. The van der Waals surface area contributed by atoms with E-state index in [1.54, 1.807) is 0 Å². The second-order valence-electron chi connectivity index (χ2n) is 2.19. The average molecular weight is 270 g/mol. The van der Waals surface area contributed by atoms with Gasteiger partial charge in [0.25, 0.3) is 0 Å².